The van der Waals surface area contributed by atoms with Gasteiger partial charge >= 0.3 is 5.97 Å². The van der Waals surface area contributed by atoms with Crippen LogP contribution in [0.15, 0.2) is 48.5 Å². The molecule has 0 aliphatic rings. The fraction of sp³-hybridized carbons (Fsp3) is 0.345. The van der Waals surface area contributed by atoms with Gasteiger partial charge in [-0.05, 0) is 61.5 Å². The van der Waals surface area contributed by atoms with E-state index in [4.69, 9.17) is 33.6 Å². The first-order valence-corrected chi connectivity index (χ1v) is 13.6. The molecule has 0 radical (unpaired) electrons. The van der Waals surface area contributed by atoms with E-state index in [1.807, 2.05) is 33.0 Å². The second-order valence-corrected chi connectivity index (χ2v) is 8.81. The predicted octanol–water partition coefficient (Wildman–Crippen LogP) is 4.96. The zero-order valence-electron chi connectivity index (χ0n) is 23.3. The van der Waals surface area contributed by atoms with E-state index in [1.165, 1.54) is 36.0 Å². The van der Waals surface area contributed by atoms with Gasteiger partial charge in [0.05, 0.1) is 6.34 Å². The minimum absolute atomic E-state index is 0.0458. The largest absolute Gasteiger partial charge is 0.481 e. The number of aryl methyl sites for hydroxylation is 2. The van der Waals surface area contributed by atoms with Crippen molar-refractivity contribution in [2.45, 2.75) is 52.4 Å². The molecule has 0 saturated heterocycles. The number of halogens is 1. The van der Waals surface area contributed by atoms with Crippen LogP contribution in [-0.2, 0) is 17.6 Å². The summed E-state index contributed by atoms with van der Waals surface area (Å²) in [6.07, 6.45) is 6.35. The number of aliphatic carboxylic acids is 1. The van der Waals surface area contributed by atoms with Crippen LogP contribution < -0.4 is 22.1 Å². The molecule has 0 fully saturated rings. The maximum absolute atomic E-state index is 11.2. The van der Waals surface area contributed by atoms with E-state index in [9.17, 15) is 9.59 Å². The number of carbonyl (C=O) groups is 2. The summed E-state index contributed by atoms with van der Waals surface area (Å²) in [5.74, 6) is -1.59. The van der Waals surface area contributed by atoms with Crippen molar-refractivity contribution in [2.24, 2.45) is 0 Å². The van der Waals surface area contributed by atoms with E-state index in [2.05, 4.69) is 57.0 Å². The van der Waals surface area contributed by atoms with Crippen LogP contribution in [0.25, 0.3) is 11.1 Å². The highest BCUT2D eigenvalue weighted by Gasteiger charge is 2.14. The van der Waals surface area contributed by atoms with Crippen LogP contribution in [0.1, 0.15) is 61.1 Å². The predicted molar refractivity (Wildman–Crippen MR) is 163 cm³/mol. The summed E-state index contributed by atoms with van der Waals surface area (Å²) in [6, 6.07) is 17.0. The van der Waals surface area contributed by atoms with E-state index in [-0.39, 0.29) is 28.9 Å². The van der Waals surface area contributed by atoms with E-state index < -0.39 is 11.9 Å². The van der Waals surface area contributed by atoms with Gasteiger partial charge in [0.1, 0.15) is 0 Å². The Balaban J connectivity index is 0.000000425. The highest BCUT2D eigenvalue weighted by molar-refractivity contribution is 6.31. The number of rotatable bonds is 12. The Hall–Kier alpha value is -4.02. The molecule has 0 bridgehead atoms. The van der Waals surface area contributed by atoms with Crippen molar-refractivity contribution in [3.8, 4) is 11.1 Å². The first-order chi connectivity index (χ1) is 19.2. The van der Waals surface area contributed by atoms with Crippen LogP contribution in [0, 0.1) is 5.41 Å². The van der Waals surface area contributed by atoms with Crippen molar-refractivity contribution in [3.63, 3.8) is 0 Å². The molecular formula is C29H40ClN7O3. The summed E-state index contributed by atoms with van der Waals surface area (Å²) in [5, 5.41) is 20.5. The number of aromatic nitrogens is 2. The first-order valence-electron chi connectivity index (χ1n) is 13.2. The SMILES string of the molecule is CC.CNCCCCCc1ccc(-c2ccc(CCC(=O)O)cc2)cc1.N=CNC(=O)c1nc(Cl)c(N)nc1N. The minimum Gasteiger partial charge on any atom is -0.481 e. The summed E-state index contributed by atoms with van der Waals surface area (Å²) >= 11 is 5.54. The van der Waals surface area contributed by atoms with Gasteiger partial charge < -0.3 is 27.2 Å². The van der Waals surface area contributed by atoms with Crippen molar-refractivity contribution in [2.75, 3.05) is 25.1 Å². The molecular weight excluding hydrogens is 530 g/mol. The molecule has 0 spiro atoms. The fourth-order valence-corrected chi connectivity index (χ4v) is 3.66. The lowest BCUT2D eigenvalue weighted by atomic mass is 9.99. The number of hydrogen-bond donors (Lipinski definition) is 6. The average Bonchev–Trinajstić information content (AvgIpc) is 2.96. The molecule has 1 amide bonds. The van der Waals surface area contributed by atoms with Gasteiger partial charge in [0.2, 0.25) is 0 Å². The molecule has 1 aromatic heterocycles. The summed E-state index contributed by atoms with van der Waals surface area (Å²) < 4.78 is 0. The molecule has 1 heterocycles. The van der Waals surface area contributed by atoms with Crippen molar-refractivity contribution < 1.29 is 14.7 Å². The highest BCUT2D eigenvalue weighted by atomic mass is 35.5. The van der Waals surface area contributed by atoms with E-state index in [0.717, 1.165) is 18.5 Å². The molecule has 0 aliphatic carbocycles. The number of amides is 1. The molecule has 3 rings (SSSR count). The number of nitrogens with zero attached hydrogens (tertiary/aromatic N) is 2. The van der Waals surface area contributed by atoms with Crippen LogP contribution in [0.4, 0.5) is 11.6 Å². The summed E-state index contributed by atoms with van der Waals surface area (Å²) in [6.45, 7) is 5.10. The molecule has 8 N–H and O–H groups in total. The molecule has 0 saturated carbocycles. The normalized spacial score (nSPS) is 9.90. The van der Waals surface area contributed by atoms with Gasteiger partial charge in [0.25, 0.3) is 5.91 Å². The number of nitrogens with one attached hydrogen (secondary N) is 3. The molecule has 10 nitrogen and oxygen atoms in total. The average molecular weight is 570 g/mol. The third-order valence-corrected chi connectivity index (χ3v) is 5.86. The maximum atomic E-state index is 11.2. The van der Waals surface area contributed by atoms with Gasteiger partial charge in [-0.1, -0.05) is 80.4 Å². The lowest BCUT2D eigenvalue weighted by Gasteiger charge is -2.06. The second-order valence-electron chi connectivity index (χ2n) is 8.45. The van der Waals surface area contributed by atoms with Gasteiger partial charge in [-0.2, -0.15) is 0 Å². The van der Waals surface area contributed by atoms with E-state index in [1.54, 1.807) is 0 Å². The fourth-order valence-electron chi connectivity index (χ4n) is 3.53. The van der Waals surface area contributed by atoms with Gasteiger partial charge in [0.15, 0.2) is 22.5 Å². The number of benzene rings is 2. The van der Waals surface area contributed by atoms with Crippen molar-refractivity contribution in [1.82, 2.24) is 20.6 Å². The van der Waals surface area contributed by atoms with Crippen molar-refractivity contribution >= 4 is 41.5 Å². The third-order valence-electron chi connectivity index (χ3n) is 5.58. The lowest BCUT2D eigenvalue weighted by molar-refractivity contribution is -0.136. The minimum atomic E-state index is -0.749. The zero-order valence-corrected chi connectivity index (χ0v) is 24.1. The lowest BCUT2D eigenvalue weighted by Crippen LogP contribution is -2.24. The molecule has 3 aromatic rings. The number of carboxylic acids is 1. The van der Waals surface area contributed by atoms with Gasteiger partial charge in [0, 0.05) is 6.42 Å². The summed E-state index contributed by atoms with van der Waals surface area (Å²) in [4.78, 5) is 29.0. The van der Waals surface area contributed by atoms with Crippen LogP contribution in [0.3, 0.4) is 0 Å². The molecule has 0 aliphatic heterocycles. The Morgan fingerprint density at radius 1 is 0.900 bits per heavy atom. The monoisotopic (exact) mass is 569 g/mol. The van der Waals surface area contributed by atoms with Crippen LogP contribution in [0.5, 0.6) is 0 Å². The van der Waals surface area contributed by atoms with Crippen LogP contribution >= 0.6 is 11.6 Å². The topological polar surface area (TPSA) is 180 Å². The smallest absolute Gasteiger partial charge is 0.303 e. The molecule has 40 heavy (non-hydrogen) atoms. The van der Waals surface area contributed by atoms with Crippen molar-refractivity contribution in [3.05, 3.63) is 70.5 Å². The Morgan fingerprint density at radius 2 is 1.45 bits per heavy atom. The maximum Gasteiger partial charge on any atom is 0.303 e. The van der Waals surface area contributed by atoms with Crippen LogP contribution in [0.2, 0.25) is 5.15 Å². The number of unbranched alkanes of at least 4 members (excludes halogenated alkanes) is 2. The Bertz CT molecular complexity index is 1200. The highest BCUT2D eigenvalue weighted by Crippen LogP contribution is 2.21. The Labute approximate surface area is 241 Å². The molecule has 216 valence electrons. The number of carboxylic acid groups (broad SMARTS) is 1. The first kappa shape index (κ1) is 34.0. The zero-order chi connectivity index (χ0) is 29.9. The number of carbonyl (C=O) groups excluding carboxylic acids is 1. The quantitative estimate of drug-likeness (QED) is 0.100. The van der Waals surface area contributed by atoms with Crippen molar-refractivity contribution in [1.29, 1.82) is 5.41 Å². The number of hydrogen-bond acceptors (Lipinski definition) is 8. The molecule has 0 atom stereocenters. The summed E-state index contributed by atoms with van der Waals surface area (Å²) in [7, 11) is 2.00. The van der Waals surface area contributed by atoms with E-state index in [0.29, 0.717) is 12.8 Å². The molecule has 0 unspecified atom stereocenters. The Morgan fingerprint density at radius 3 is 1.95 bits per heavy atom. The van der Waals surface area contributed by atoms with E-state index >= 15 is 0 Å². The third kappa shape index (κ3) is 12.2. The number of nitrogens with two attached hydrogens (primary N) is 2. The number of anilines is 2. The second kappa shape index (κ2) is 19.1. The van der Waals surface area contributed by atoms with Gasteiger partial charge in [-0.15, -0.1) is 0 Å². The Kier molecular flexibility index (Phi) is 16.2. The molecule has 2 aromatic carbocycles. The van der Waals surface area contributed by atoms with Gasteiger partial charge in [-0.3, -0.25) is 15.0 Å². The standard InChI is InChI=1S/C21H27NO2.C6H7ClN6O.C2H6/c1-22-16-4-2-3-5-17-6-11-19(12-7-17)20-13-8-18(9-14-20)10-15-21(23)24;7-3-5(10)13-4(9)2(12-3)6(14)11-1-8;1-2/h6-9,11-14,22H,2-5,10,15-16H2,1H3,(H,23,24);1H,(H2,8,11,14)(H4,9,10,13);1-2H3. The molecule has 11 heteroatoms. The van der Waals surface area contributed by atoms with Crippen LogP contribution in [-0.4, -0.2) is 46.9 Å². The summed E-state index contributed by atoms with van der Waals surface area (Å²) in [5.41, 5.74) is 15.4. The number of nitrogen functional groups attached to an aromatic ring is 2. The van der Waals surface area contributed by atoms with Gasteiger partial charge in [-0.25, -0.2) is 9.97 Å².